The van der Waals surface area contributed by atoms with Crippen LogP contribution in [0.15, 0.2) is 24.3 Å². The Morgan fingerprint density at radius 2 is 2.05 bits per heavy atom. The summed E-state index contributed by atoms with van der Waals surface area (Å²) in [4.78, 5) is 12.7. The van der Waals surface area contributed by atoms with Gasteiger partial charge in [0, 0.05) is 18.3 Å². The first-order valence-electron chi connectivity index (χ1n) is 8.42. The van der Waals surface area contributed by atoms with Crippen LogP contribution in [0.4, 0.5) is 5.69 Å². The lowest BCUT2D eigenvalue weighted by atomic mass is 9.82. The minimum Gasteiger partial charge on any atom is -0.384 e. The predicted molar refractivity (Wildman–Crippen MR) is 86.5 cm³/mol. The van der Waals surface area contributed by atoms with E-state index in [0.29, 0.717) is 12.0 Å². The summed E-state index contributed by atoms with van der Waals surface area (Å²) in [6, 6.07) is 8.51. The Morgan fingerprint density at radius 1 is 1.29 bits per heavy atom. The first-order valence-corrected chi connectivity index (χ1v) is 8.42. The number of carbonyl (C=O) groups excluding carboxylic acids is 1. The number of rotatable bonds is 4. The zero-order valence-electron chi connectivity index (χ0n) is 12.9. The summed E-state index contributed by atoms with van der Waals surface area (Å²) in [5, 5.41) is 6.68. The average molecular weight is 286 g/mol. The number of hydrogen-bond donors (Lipinski definition) is 2. The van der Waals surface area contributed by atoms with Gasteiger partial charge in [0.15, 0.2) is 0 Å². The number of nitrogens with one attached hydrogen (secondary N) is 2. The molecule has 3 rings (SSSR count). The Labute approximate surface area is 127 Å². The van der Waals surface area contributed by atoms with E-state index < -0.39 is 0 Å². The van der Waals surface area contributed by atoms with Gasteiger partial charge in [-0.1, -0.05) is 44.4 Å². The minimum atomic E-state index is -0.0289. The van der Waals surface area contributed by atoms with Gasteiger partial charge in [-0.15, -0.1) is 0 Å². The maximum atomic E-state index is 12.7. The van der Waals surface area contributed by atoms with E-state index in [-0.39, 0.29) is 11.8 Å². The molecule has 0 bridgehead atoms. The second-order valence-electron chi connectivity index (χ2n) is 6.44. The van der Waals surface area contributed by atoms with Crippen LogP contribution in [0.3, 0.4) is 0 Å². The summed E-state index contributed by atoms with van der Waals surface area (Å²) in [5.74, 6) is 0.848. The number of amides is 1. The van der Waals surface area contributed by atoms with Crippen molar-refractivity contribution in [1.82, 2.24) is 5.32 Å². The fourth-order valence-corrected chi connectivity index (χ4v) is 3.89. The van der Waals surface area contributed by atoms with Crippen molar-refractivity contribution >= 4 is 11.6 Å². The summed E-state index contributed by atoms with van der Waals surface area (Å²) in [6.07, 6.45) is 7.60. The van der Waals surface area contributed by atoms with Crippen molar-refractivity contribution in [3.63, 3.8) is 0 Å². The molecule has 2 aliphatic rings. The Hall–Kier alpha value is -1.51. The van der Waals surface area contributed by atoms with Crippen LogP contribution in [0.5, 0.6) is 0 Å². The van der Waals surface area contributed by atoms with Gasteiger partial charge >= 0.3 is 0 Å². The van der Waals surface area contributed by atoms with Gasteiger partial charge in [0.05, 0.1) is 5.92 Å². The number of hydrogen-bond acceptors (Lipinski definition) is 2. The molecule has 0 radical (unpaired) electrons. The quantitative estimate of drug-likeness (QED) is 0.886. The topological polar surface area (TPSA) is 41.1 Å². The van der Waals surface area contributed by atoms with Crippen LogP contribution in [0, 0.1) is 5.92 Å². The van der Waals surface area contributed by atoms with Gasteiger partial charge in [-0.05, 0) is 36.8 Å². The van der Waals surface area contributed by atoms with Crippen LogP contribution in [-0.2, 0) is 4.79 Å². The van der Waals surface area contributed by atoms with Crippen molar-refractivity contribution in [2.45, 2.75) is 57.4 Å². The van der Waals surface area contributed by atoms with Gasteiger partial charge in [-0.25, -0.2) is 0 Å². The van der Waals surface area contributed by atoms with Crippen molar-refractivity contribution in [2.75, 3.05) is 11.9 Å². The molecule has 1 aliphatic carbocycles. The minimum absolute atomic E-state index is 0.0289. The van der Waals surface area contributed by atoms with Crippen LogP contribution in [0.1, 0.15) is 56.9 Å². The van der Waals surface area contributed by atoms with E-state index in [9.17, 15) is 4.79 Å². The van der Waals surface area contributed by atoms with E-state index in [4.69, 9.17) is 0 Å². The molecule has 21 heavy (non-hydrogen) atoms. The van der Waals surface area contributed by atoms with Crippen molar-refractivity contribution in [2.24, 2.45) is 5.92 Å². The molecule has 1 aromatic carbocycles. The van der Waals surface area contributed by atoms with Crippen LogP contribution in [0.25, 0.3) is 0 Å². The summed E-state index contributed by atoms with van der Waals surface area (Å²) >= 11 is 0. The average Bonchev–Trinajstić information content (AvgIpc) is 2.97. The molecule has 1 aromatic rings. The molecule has 0 aromatic heterocycles. The molecular weight excluding hydrogens is 260 g/mol. The van der Waals surface area contributed by atoms with Crippen LogP contribution >= 0.6 is 0 Å². The van der Waals surface area contributed by atoms with E-state index >= 15 is 0 Å². The van der Waals surface area contributed by atoms with E-state index in [1.54, 1.807) is 0 Å². The van der Waals surface area contributed by atoms with Crippen molar-refractivity contribution < 1.29 is 4.79 Å². The molecule has 2 atom stereocenters. The fraction of sp³-hybridized carbons (Fsp3) is 0.611. The molecule has 1 amide bonds. The smallest absolute Gasteiger partial charge is 0.229 e. The van der Waals surface area contributed by atoms with E-state index in [1.807, 2.05) is 12.1 Å². The second-order valence-corrected chi connectivity index (χ2v) is 6.44. The number of benzene rings is 1. The first kappa shape index (κ1) is 14.4. The van der Waals surface area contributed by atoms with Gasteiger partial charge < -0.3 is 10.6 Å². The lowest BCUT2D eigenvalue weighted by Gasteiger charge is -2.31. The highest BCUT2D eigenvalue weighted by Crippen LogP contribution is 2.32. The van der Waals surface area contributed by atoms with Crippen molar-refractivity contribution in [3.8, 4) is 0 Å². The third kappa shape index (κ3) is 3.07. The van der Waals surface area contributed by atoms with Crippen molar-refractivity contribution in [3.05, 3.63) is 29.8 Å². The monoisotopic (exact) mass is 286 g/mol. The Morgan fingerprint density at radius 3 is 2.81 bits per heavy atom. The summed E-state index contributed by atoms with van der Waals surface area (Å²) in [7, 11) is 0. The molecule has 1 aliphatic heterocycles. The van der Waals surface area contributed by atoms with Crippen LogP contribution in [0.2, 0.25) is 0 Å². The lowest BCUT2D eigenvalue weighted by Crippen LogP contribution is -2.43. The number of carbonyl (C=O) groups is 1. The van der Waals surface area contributed by atoms with E-state index in [1.165, 1.54) is 32.1 Å². The van der Waals surface area contributed by atoms with Crippen molar-refractivity contribution in [1.29, 1.82) is 0 Å². The zero-order valence-corrected chi connectivity index (χ0v) is 12.9. The van der Waals surface area contributed by atoms with Gasteiger partial charge in [-0.3, -0.25) is 4.79 Å². The first-order chi connectivity index (χ1) is 10.3. The number of anilines is 1. The maximum absolute atomic E-state index is 12.7. The fourth-order valence-electron chi connectivity index (χ4n) is 3.89. The summed E-state index contributed by atoms with van der Waals surface area (Å²) in [5.41, 5.74) is 2.26. The standard InChI is InChI=1S/C18H26N2O/c1-2-16(13-8-4-3-5-9-13)20-18(21)15-12-19-17-11-7-6-10-14(15)17/h6-7,10-11,13,15-16,19H,2-5,8-9,12H2,1H3,(H,20,21). The Bertz CT molecular complexity index is 494. The molecule has 3 heteroatoms. The largest absolute Gasteiger partial charge is 0.384 e. The second kappa shape index (κ2) is 6.50. The summed E-state index contributed by atoms with van der Waals surface area (Å²) in [6.45, 7) is 2.92. The third-order valence-corrected chi connectivity index (χ3v) is 5.14. The molecule has 1 saturated carbocycles. The van der Waals surface area contributed by atoms with Crippen LogP contribution < -0.4 is 10.6 Å². The summed E-state index contributed by atoms with van der Waals surface area (Å²) < 4.78 is 0. The van der Waals surface area contributed by atoms with Crippen LogP contribution in [-0.4, -0.2) is 18.5 Å². The van der Waals surface area contributed by atoms with Gasteiger partial charge in [0.2, 0.25) is 5.91 Å². The Kier molecular flexibility index (Phi) is 4.47. The Balaban J connectivity index is 1.65. The molecule has 114 valence electrons. The number of fused-ring (bicyclic) bond motifs is 1. The predicted octanol–water partition coefficient (Wildman–Crippen LogP) is 3.67. The van der Waals surface area contributed by atoms with E-state index in [0.717, 1.165) is 24.2 Å². The normalized spacial score (nSPS) is 23.2. The maximum Gasteiger partial charge on any atom is 0.229 e. The molecule has 0 saturated heterocycles. The molecule has 1 fully saturated rings. The van der Waals surface area contributed by atoms with Gasteiger partial charge in [0.1, 0.15) is 0 Å². The highest BCUT2D eigenvalue weighted by molar-refractivity contribution is 5.88. The molecule has 0 spiro atoms. The molecule has 3 nitrogen and oxygen atoms in total. The van der Waals surface area contributed by atoms with Gasteiger partial charge in [0.25, 0.3) is 0 Å². The molecule has 2 N–H and O–H groups in total. The highest BCUT2D eigenvalue weighted by atomic mass is 16.2. The zero-order chi connectivity index (χ0) is 14.7. The molecular formula is C18H26N2O. The highest BCUT2D eigenvalue weighted by Gasteiger charge is 2.31. The number of para-hydroxylation sites is 1. The third-order valence-electron chi connectivity index (χ3n) is 5.14. The lowest BCUT2D eigenvalue weighted by molar-refractivity contribution is -0.123. The SMILES string of the molecule is CCC(NC(=O)C1CNc2ccccc21)C1CCCCC1. The molecule has 1 heterocycles. The van der Waals surface area contributed by atoms with E-state index in [2.05, 4.69) is 29.7 Å². The molecule has 2 unspecified atom stereocenters. The van der Waals surface area contributed by atoms with Gasteiger partial charge in [-0.2, -0.15) is 0 Å².